The molecule has 0 fully saturated rings. The smallest absolute Gasteiger partial charge is 0.273 e. The van der Waals surface area contributed by atoms with E-state index in [1.807, 2.05) is 12.1 Å². The summed E-state index contributed by atoms with van der Waals surface area (Å²) in [6.07, 6.45) is 0.207. The number of carbonyl (C=O) groups excluding carboxylic acids is 1. The highest BCUT2D eigenvalue weighted by Crippen LogP contribution is 2.22. The number of amides is 1. The number of benzene rings is 3. The Kier molecular flexibility index (Phi) is 7.25. The molecule has 0 radical (unpaired) electrons. The van der Waals surface area contributed by atoms with Gasteiger partial charge in [0.2, 0.25) is 0 Å². The molecule has 3 aromatic rings. The van der Waals surface area contributed by atoms with E-state index in [0.29, 0.717) is 28.0 Å². The zero-order valence-electron chi connectivity index (χ0n) is 15.3. The summed E-state index contributed by atoms with van der Waals surface area (Å²) in [5, 5.41) is 15.0. The van der Waals surface area contributed by atoms with Gasteiger partial charge < -0.3 is 9.84 Å². The molecule has 0 saturated heterocycles. The molecule has 0 aliphatic carbocycles. The molecular weight excluding hydrogens is 411 g/mol. The summed E-state index contributed by atoms with van der Waals surface area (Å²) in [4.78, 5) is 11.9. The van der Waals surface area contributed by atoms with Crippen molar-refractivity contribution < 1.29 is 14.6 Å². The number of carbonyl (C=O) groups is 1. The van der Waals surface area contributed by atoms with E-state index in [4.69, 9.17) is 27.9 Å². The molecule has 3 aromatic carbocycles. The van der Waals surface area contributed by atoms with Crippen molar-refractivity contribution in [1.29, 1.82) is 0 Å². The van der Waals surface area contributed by atoms with Crippen LogP contribution in [0.3, 0.4) is 0 Å². The summed E-state index contributed by atoms with van der Waals surface area (Å²) in [5.74, 6) is 0.0592. The van der Waals surface area contributed by atoms with Crippen LogP contribution in [0.25, 0.3) is 0 Å². The number of halogens is 2. The van der Waals surface area contributed by atoms with Gasteiger partial charge in [0.1, 0.15) is 12.4 Å². The number of hydrazone groups is 1. The molecule has 0 spiro atoms. The summed E-state index contributed by atoms with van der Waals surface area (Å²) in [6.45, 7) is 0.316. The molecule has 0 aliphatic rings. The number of nitrogens with zero attached hydrogens (tertiary/aromatic N) is 1. The number of aliphatic hydroxyl groups is 1. The fourth-order valence-corrected chi connectivity index (χ4v) is 2.93. The molecule has 3 rings (SSSR count). The molecule has 0 saturated carbocycles. The maximum absolute atomic E-state index is 11.9. The van der Waals surface area contributed by atoms with Crippen LogP contribution in [0.5, 0.6) is 5.75 Å². The monoisotopic (exact) mass is 428 g/mol. The second kappa shape index (κ2) is 10.1. The zero-order valence-corrected chi connectivity index (χ0v) is 16.8. The van der Waals surface area contributed by atoms with Gasteiger partial charge in [-0.2, -0.15) is 5.10 Å². The quantitative estimate of drug-likeness (QED) is 0.421. The maximum atomic E-state index is 11.9. The van der Waals surface area contributed by atoms with Crippen LogP contribution in [-0.4, -0.2) is 17.2 Å². The number of hydrogen-bond acceptors (Lipinski definition) is 4. The van der Waals surface area contributed by atoms with Crippen molar-refractivity contribution in [2.45, 2.75) is 12.7 Å². The first-order valence-electron chi connectivity index (χ1n) is 8.75. The molecule has 0 aliphatic heterocycles. The summed E-state index contributed by atoms with van der Waals surface area (Å²) >= 11 is 12.0. The molecule has 7 heteroatoms. The van der Waals surface area contributed by atoms with Crippen molar-refractivity contribution in [3.05, 3.63) is 99.5 Å². The highest BCUT2D eigenvalue weighted by atomic mass is 35.5. The minimum Gasteiger partial charge on any atom is -0.489 e. The van der Waals surface area contributed by atoms with Crippen LogP contribution in [0.1, 0.15) is 22.8 Å². The third kappa shape index (κ3) is 6.06. The number of ether oxygens (including phenoxy) is 1. The van der Waals surface area contributed by atoms with Crippen molar-refractivity contribution in [3.8, 4) is 5.75 Å². The van der Waals surface area contributed by atoms with Gasteiger partial charge in [0.05, 0.1) is 6.21 Å². The largest absolute Gasteiger partial charge is 0.489 e. The van der Waals surface area contributed by atoms with Crippen LogP contribution in [0, 0.1) is 0 Å². The van der Waals surface area contributed by atoms with E-state index in [1.54, 1.807) is 60.7 Å². The first-order valence-corrected chi connectivity index (χ1v) is 9.51. The van der Waals surface area contributed by atoms with E-state index in [0.717, 1.165) is 11.1 Å². The summed E-state index contributed by atoms with van der Waals surface area (Å²) in [7, 11) is 0. The topological polar surface area (TPSA) is 70.9 Å². The average molecular weight is 429 g/mol. The molecule has 5 nitrogen and oxygen atoms in total. The van der Waals surface area contributed by atoms with Gasteiger partial charge in [-0.3, -0.25) is 4.79 Å². The predicted octanol–water partition coefficient (Wildman–Crippen LogP) is 4.76. The Morgan fingerprint density at radius 2 is 1.79 bits per heavy atom. The third-order valence-corrected chi connectivity index (χ3v) is 4.63. The van der Waals surface area contributed by atoms with Gasteiger partial charge >= 0.3 is 0 Å². The predicted molar refractivity (Wildman–Crippen MR) is 114 cm³/mol. The van der Waals surface area contributed by atoms with Crippen LogP contribution in [0.4, 0.5) is 0 Å². The second-order valence-corrected chi connectivity index (χ2v) is 6.98. The van der Waals surface area contributed by atoms with E-state index in [-0.39, 0.29) is 0 Å². The fraction of sp³-hybridized carbons (Fsp3) is 0.0909. The lowest BCUT2D eigenvalue weighted by molar-refractivity contribution is -0.129. The van der Waals surface area contributed by atoms with Gasteiger partial charge in [-0.1, -0.05) is 59.6 Å². The lowest BCUT2D eigenvalue weighted by Crippen LogP contribution is -2.25. The van der Waals surface area contributed by atoms with E-state index in [1.165, 1.54) is 6.21 Å². The lowest BCUT2D eigenvalue weighted by atomic mass is 10.1. The second-order valence-electron chi connectivity index (χ2n) is 6.14. The van der Waals surface area contributed by atoms with E-state index in [9.17, 15) is 9.90 Å². The molecule has 0 unspecified atom stereocenters. The standard InChI is InChI=1S/C22H18Cl2N2O3/c23-18-9-8-17(20(24)12-18)14-29-19-10-6-15(7-11-19)13-25-26-22(28)21(27)16-4-2-1-3-5-16/h1-13,21,27H,14H2,(H,26,28)/b25-13-/t21-/m1/s1. The Morgan fingerprint density at radius 1 is 1.07 bits per heavy atom. The molecule has 1 amide bonds. The first kappa shape index (κ1) is 20.9. The van der Waals surface area contributed by atoms with Gasteiger partial charge in [0.15, 0.2) is 6.10 Å². The van der Waals surface area contributed by atoms with Crippen LogP contribution in [0.2, 0.25) is 10.0 Å². The van der Waals surface area contributed by atoms with Crippen molar-refractivity contribution >= 4 is 35.3 Å². The van der Waals surface area contributed by atoms with E-state index in [2.05, 4.69) is 10.5 Å². The minimum absolute atomic E-state index is 0.316. The van der Waals surface area contributed by atoms with Crippen LogP contribution in [-0.2, 0) is 11.4 Å². The summed E-state index contributed by atoms with van der Waals surface area (Å²) in [5.41, 5.74) is 4.42. The molecular formula is C22H18Cl2N2O3. The third-order valence-electron chi connectivity index (χ3n) is 4.04. The minimum atomic E-state index is -1.27. The number of rotatable bonds is 7. The van der Waals surface area contributed by atoms with Gasteiger partial charge in [-0.25, -0.2) is 5.43 Å². The summed E-state index contributed by atoms with van der Waals surface area (Å²) in [6, 6.07) is 21.1. The van der Waals surface area contributed by atoms with Gasteiger partial charge in [-0.05, 0) is 47.5 Å². The van der Waals surface area contributed by atoms with Gasteiger partial charge in [-0.15, -0.1) is 0 Å². The highest BCUT2D eigenvalue weighted by Gasteiger charge is 2.15. The van der Waals surface area contributed by atoms with Crippen molar-refractivity contribution in [1.82, 2.24) is 5.43 Å². The average Bonchev–Trinajstić information content (AvgIpc) is 2.74. The highest BCUT2D eigenvalue weighted by molar-refractivity contribution is 6.35. The molecule has 0 bridgehead atoms. The zero-order chi connectivity index (χ0) is 20.6. The molecule has 148 valence electrons. The maximum Gasteiger partial charge on any atom is 0.273 e. The Labute approximate surface area is 178 Å². The Balaban J connectivity index is 1.51. The van der Waals surface area contributed by atoms with Crippen molar-refractivity contribution in [2.24, 2.45) is 5.10 Å². The molecule has 0 heterocycles. The van der Waals surface area contributed by atoms with Crippen molar-refractivity contribution in [2.75, 3.05) is 0 Å². The summed E-state index contributed by atoms with van der Waals surface area (Å²) < 4.78 is 5.72. The number of nitrogens with one attached hydrogen (secondary N) is 1. The van der Waals surface area contributed by atoms with Crippen LogP contribution in [0.15, 0.2) is 77.9 Å². The van der Waals surface area contributed by atoms with Crippen LogP contribution >= 0.6 is 23.2 Å². The Morgan fingerprint density at radius 3 is 2.48 bits per heavy atom. The molecule has 2 N–H and O–H groups in total. The first-order chi connectivity index (χ1) is 14.0. The lowest BCUT2D eigenvalue weighted by Gasteiger charge is -2.09. The fourth-order valence-electron chi connectivity index (χ4n) is 2.47. The Hall–Kier alpha value is -2.86. The Bertz CT molecular complexity index is 993. The van der Waals surface area contributed by atoms with Gasteiger partial charge in [0.25, 0.3) is 5.91 Å². The van der Waals surface area contributed by atoms with Gasteiger partial charge in [0, 0.05) is 15.6 Å². The number of hydrogen-bond donors (Lipinski definition) is 2. The SMILES string of the molecule is O=C(N/N=C\c1ccc(OCc2ccc(Cl)cc2Cl)cc1)[C@H](O)c1ccccc1. The van der Waals surface area contributed by atoms with Crippen LogP contribution < -0.4 is 10.2 Å². The van der Waals surface area contributed by atoms with Crippen molar-refractivity contribution in [3.63, 3.8) is 0 Å². The molecule has 0 aromatic heterocycles. The molecule has 1 atom stereocenters. The number of aliphatic hydroxyl groups excluding tert-OH is 1. The van der Waals surface area contributed by atoms with E-state index < -0.39 is 12.0 Å². The molecule has 29 heavy (non-hydrogen) atoms. The normalized spacial score (nSPS) is 12.0. The van der Waals surface area contributed by atoms with E-state index >= 15 is 0 Å².